The average molecular weight is 368 g/mol. The second-order valence-corrected chi connectivity index (χ2v) is 7.65. The molecule has 1 atom stereocenters. The van der Waals surface area contributed by atoms with Gasteiger partial charge in [-0.05, 0) is 44.9 Å². The van der Waals surface area contributed by atoms with E-state index < -0.39 is 0 Å². The van der Waals surface area contributed by atoms with Crippen LogP contribution in [0.2, 0.25) is 0 Å². The van der Waals surface area contributed by atoms with E-state index in [1.165, 1.54) is 37.8 Å². The molecule has 1 fully saturated rings. The lowest BCUT2D eigenvalue weighted by atomic mass is 9.95. The number of rotatable bonds is 4. The van der Waals surface area contributed by atoms with Gasteiger partial charge in [-0.1, -0.05) is 31.4 Å². The first-order valence-electron chi connectivity index (χ1n) is 9.98. The third-order valence-electron chi connectivity index (χ3n) is 5.73. The summed E-state index contributed by atoms with van der Waals surface area (Å²) in [6.07, 6.45) is 6.14. The van der Waals surface area contributed by atoms with Crippen LogP contribution >= 0.6 is 0 Å². The van der Waals surface area contributed by atoms with E-state index in [1.54, 1.807) is 0 Å². The van der Waals surface area contributed by atoms with E-state index in [1.807, 2.05) is 30.3 Å². The maximum Gasteiger partial charge on any atom is 0.253 e. The summed E-state index contributed by atoms with van der Waals surface area (Å²) in [4.78, 5) is 12.8. The van der Waals surface area contributed by atoms with Gasteiger partial charge in [-0.3, -0.25) is 4.79 Å². The molecule has 0 spiro atoms. The highest BCUT2D eigenvalue weighted by Crippen LogP contribution is 2.32. The van der Waals surface area contributed by atoms with E-state index in [-0.39, 0.29) is 12.0 Å². The second kappa shape index (κ2) is 7.67. The minimum absolute atomic E-state index is 0.0346. The van der Waals surface area contributed by atoms with Crippen LogP contribution in [-0.4, -0.2) is 29.7 Å². The number of para-hydroxylation sites is 2. The third-order valence-corrected chi connectivity index (χ3v) is 5.73. The smallest absolute Gasteiger partial charge is 0.253 e. The van der Waals surface area contributed by atoms with Gasteiger partial charge >= 0.3 is 0 Å². The number of nitrogens with zero attached hydrogens (tertiary/aromatic N) is 1. The summed E-state index contributed by atoms with van der Waals surface area (Å²) in [5.41, 5.74) is 3.02. The molecule has 1 aliphatic heterocycles. The zero-order valence-electron chi connectivity index (χ0n) is 16.2. The number of ether oxygens (including phenoxy) is 2. The lowest BCUT2D eigenvalue weighted by Gasteiger charge is -2.27. The van der Waals surface area contributed by atoms with Crippen LogP contribution in [0.4, 0.5) is 0 Å². The first-order valence-corrected chi connectivity index (χ1v) is 9.98. The average Bonchev–Trinajstić information content (AvgIpc) is 3.01. The van der Waals surface area contributed by atoms with E-state index in [0.717, 1.165) is 22.8 Å². The molecule has 1 saturated carbocycles. The first kappa shape index (κ1) is 18.0. The molecule has 0 bridgehead atoms. The first-order chi connectivity index (χ1) is 13.1. The van der Waals surface area contributed by atoms with Crippen molar-refractivity contribution >= 4 is 5.91 Å². The highest BCUT2D eigenvalue weighted by Gasteiger charge is 2.24. The fraction of sp³-hybridized carbons (Fsp3) is 0.500. The molecule has 5 heteroatoms. The Bertz CT molecular complexity index is 821. The maximum atomic E-state index is 12.8. The summed E-state index contributed by atoms with van der Waals surface area (Å²) in [5.74, 6) is 1.46. The Labute approximate surface area is 160 Å². The number of aryl methyl sites for hydroxylation is 1. The Morgan fingerprint density at radius 2 is 1.89 bits per heavy atom. The summed E-state index contributed by atoms with van der Waals surface area (Å²) in [5, 5.41) is 3.03. The zero-order valence-corrected chi connectivity index (χ0v) is 16.2. The van der Waals surface area contributed by atoms with Gasteiger partial charge < -0.3 is 19.4 Å². The predicted molar refractivity (Wildman–Crippen MR) is 105 cm³/mol. The molecule has 1 aromatic carbocycles. The van der Waals surface area contributed by atoms with Gasteiger partial charge in [0.1, 0.15) is 12.7 Å². The number of carbonyl (C=O) groups is 1. The number of amides is 1. The van der Waals surface area contributed by atoms with Crippen molar-refractivity contribution in [2.45, 2.75) is 58.1 Å². The largest absolute Gasteiger partial charge is 0.486 e. The molecular formula is C22H28N2O3. The molecular weight excluding hydrogens is 340 g/mol. The van der Waals surface area contributed by atoms with Gasteiger partial charge in [0.25, 0.3) is 5.91 Å². The highest BCUT2D eigenvalue weighted by atomic mass is 16.6. The van der Waals surface area contributed by atoms with E-state index in [9.17, 15) is 4.79 Å². The number of carbonyl (C=O) groups excluding carboxylic acids is 1. The van der Waals surface area contributed by atoms with Gasteiger partial charge in [-0.15, -0.1) is 0 Å². The fourth-order valence-electron chi connectivity index (χ4n) is 4.37. The van der Waals surface area contributed by atoms with E-state index in [2.05, 4.69) is 23.7 Å². The van der Waals surface area contributed by atoms with Crippen molar-refractivity contribution in [1.29, 1.82) is 0 Å². The molecule has 1 amide bonds. The number of nitrogens with one attached hydrogen (secondary N) is 1. The minimum Gasteiger partial charge on any atom is -0.486 e. The third kappa shape index (κ3) is 3.68. The number of fused-ring (bicyclic) bond motifs is 1. The molecule has 2 heterocycles. The lowest BCUT2D eigenvalue weighted by Crippen LogP contribution is -2.40. The molecule has 1 aliphatic carbocycles. The van der Waals surface area contributed by atoms with E-state index in [0.29, 0.717) is 19.2 Å². The van der Waals surface area contributed by atoms with Crippen LogP contribution in [0.15, 0.2) is 30.3 Å². The van der Waals surface area contributed by atoms with Crippen LogP contribution in [0.3, 0.4) is 0 Å². The monoisotopic (exact) mass is 368 g/mol. The summed E-state index contributed by atoms with van der Waals surface area (Å²) in [7, 11) is 0. The maximum absolute atomic E-state index is 12.8. The molecule has 2 aliphatic rings. The van der Waals surface area contributed by atoms with Crippen LogP contribution in [0.1, 0.15) is 59.9 Å². The summed E-state index contributed by atoms with van der Waals surface area (Å²) < 4.78 is 14.0. The molecule has 1 aromatic heterocycles. The van der Waals surface area contributed by atoms with Gasteiger partial charge in [-0.25, -0.2) is 0 Å². The molecule has 4 rings (SSSR count). The Kier molecular flexibility index (Phi) is 5.10. The van der Waals surface area contributed by atoms with Crippen LogP contribution < -0.4 is 14.8 Å². The standard InChI is InChI=1S/C22H28N2O3/c1-15-12-19(16(2)24(15)17-8-4-3-5-9-17)22(25)23-13-18-14-26-20-10-6-7-11-21(20)27-18/h6-7,10-12,17-18H,3-5,8-9,13-14H2,1-2H3,(H,23,25). The molecule has 144 valence electrons. The van der Waals surface area contributed by atoms with Gasteiger partial charge in [0, 0.05) is 17.4 Å². The van der Waals surface area contributed by atoms with Crippen molar-refractivity contribution in [3.8, 4) is 11.5 Å². The number of hydrogen-bond donors (Lipinski definition) is 1. The van der Waals surface area contributed by atoms with Crippen molar-refractivity contribution < 1.29 is 14.3 Å². The van der Waals surface area contributed by atoms with Crippen molar-refractivity contribution in [2.75, 3.05) is 13.2 Å². The minimum atomic E-state index is -0.175. The highest BCUT2D eigenvalue weighted by molar-refractivity contribution is 5.95. The van der Waals surface area contributed by atoms with Crippen LogP contribution in [0.25, 0.3) is 0 Å². The summed E-state index contributed by atoms with van der Waals surface area (Å²) >= 11 is 0. The molecule has 0 saturated heterocycles. The van der Waals surface area contributed by atoms with Crippen LogP contribution in [0, 0.1) is 13.8 Å². The molecule has 0 radical (unpaired) electrons. The summed E-state index contributed by atoms with van der Waals surface area (Å²) in [6, 6.07) is 10.2. The molecule has 27 heavy (non-hydrogen) atoms. The van der Waals surface area contributed by atoms with Crippen LogP contribution in [0.5, 0.6) is 11.5 Å². The van der Waals surface area contributed by atoms with Gasteiger partial charge in [0.15, 0.2) is 11.5 Å². The van der Waals surface area contributed by atoms with Crippen molar-refractivity contribution in [1.82, 2.24) is 9.88 Å². The predicted octanol–water partition coefficient (Wildman–Crippen LogP) is 4.18. The van der Waals surface area contributed by atoms with Crippen molar-refractivity contribution in [3.63, 3.8) is 0 Å². The Morgan fingerprint density at radius 3 is 2.67 bits per heavy atom. The van der Waals surface area contributed by atoms with Gasteiger partial charge in [0.05, 0.1) is 12.1 Å². The Balaban J connectivity index is 1.40. The fourth-order valence-corrected chi connectivity index (χ4v) is 4.37. The molecule has 2 aromatic rings. The SMILES string of the molecule is Cc1cc(C(=O)NCC2COc3ccccc3O2)c(C)n1C1CCCCC1. The molecule has 1 N–H and O–H groups in total. The topological polar surface area (TPSA) is 52.5 Å². The number of hydrogen-bond acceptors (Lipinski definition) is 3. The zero-order chi connectivity index (χ0) is 18.8. The lowest BCUT2D eigenvalue weighted by molar-refractivity contribution is 0.0788. The quantitative estimate of drug-likeness (QED) is 0.881. The van der Waals surface area contributed by atoms with Crippen molar-refractivity contribution in [3.05, 3.63) is 47.3 Å². The number of aromatic nitrogens is 1. The number of benzene rings is 1. The Morgan fingerprint density at radius 1 is 1.15 bits per heavy atom. The molecule has 1 unspecified atom stereocenters. The Hall–Kier alpha value is -2.43. The van der Waals surface area contributed by atoms with Gasteiger partial charge in [-0.2, -0.15) is 0 Å². The van der Waals surface area contributed by atoms with Crippen LogP contribution in [-0.2, 0) is 0 Å². The second-order valence-electron chi connectivity index (χ2n) is 7.65. The normalized spacial score (nSPS) is 19.7. The van der Waals surface area contributed by atoms with E-state index >= 15 is 0 Å². The molecule has 5 nitrogen and oxygen atoms in total. The van der Waals surface area contributed by atoms with E-state index in [4.69, 9.17) is 9.47 Å². The van der Waals surface area contributed by atoms with Gasteiger partial charge in [0.2, 0.25) is 0 Å². The van der Waals surface area contributed by atoms with Crippen molar-refractivity contribution in [2.24, 2.45) is 0 Å². The summed E-state index contributed by atoms with van der Waals surface area (Å²) in [6.45, 7) is 5.04.